The van der Waals surface area contributed by atoms with Crippen LogP contribution >= 0.6 is 0 Å². The van der Waals surface area contributed by atoms with Crippen LogP contribution in [0, 0.1) is 0 Å². The number of quaternary nitrogens is 1. The highest BCUT2D eigenvalue weighted by molar-refractivity contribution is 5.29. The van der Waals surface area contributed by atoms with Crippen LogP contribution in [-0.2, 0) is 4.74 Å². The topological polar surface area (TPSA) is 18.5 Å². The molecule has 0 aliphatic heterocycles. The van der Waals surface area contributed by atoms with Crippen molar-refractivity contribution < 1.29 is 14.0 Å². The van der Waals surface area contributed by atoms with Crippen LogP contribution in [0.3, 0.4) is 0 Å². The van der Waals surface area contributed by atoms with Gasteiger partial charge in [-0.1, -0.05) is 78.9 Å². The van der Waals surface area contributed by atoms with E-state index in [1.54, 1.807) is 0 Å². The molecule has 3 nitrogen and oxygen atoms in total. The van der Waals surface area contributed by atoms with Gasteiger partial charge >= 0.3 is 0 Å². The lowest BCUT2D eigenvalue weighted by molar-refractivity contribution is -0.891. The Balaban J connectivity index is 1.48. The van der Waals surface area contributed by atoms with Crippen molar-refractivity contribution in [3.05, 3.63) is 102 Å². The molecule has 0 aliphatic rings. The summed E-state index contributed by atoms with van der Waals surface area (Å²) in [6.07, 6.45) is 0.988. The van der Waals surface area contributed by atoms with E-state index in [4.69, 9.17) is 9.47 Å². The Kier molecular flexibility index (Phi) is 7.85. The summed E-state index contributed by atoms with van der Waals surface area (Å²) >= 11 is 0. The molecule has 0 spiro atoms. The minimum absolute atomic E-state index is 0.0289. The lowest BCUT2D eigenvalue weighted by atomic mass is 10.0. The monoisotopic (exact) mass is 390 g/mol. The van der Waals surface area contributed by atoms with Crippen molar-refractivity contribution >= 4 is 0 Å². The molecular weight excluding hydrogens is 358 g/mol. The Bertz CT molecular complexity index is 780. The molecule has 3 aromatic carbocycles. The number of hydrogen-bond acceptors (Lipinski definition) is 2. The average molecular weight is 391 g/mol. The number of rotatable bonds is 11. The van der Waals surface area contributed by atoms with E-state index in [0.717, 1.165) is 36.3 Å². The second kappa shape index (κ2) is 10.8. The first-order chi connectivity index (χ1) is 14.1. The van der Waals surface area contributed by atoms with Crippen molar-refractivity contribution in [1.29, 1.82) is 0 Å². The van der Waals surface area contributed by atoms with E-state index >= 15 is 0 Å². The van der Waals surface area contributed by atoms with Crippen LogP contribution in [0.1, 0.15) is 23.7 Å². The first kappa shape index (κ1) is 21.1. The van der Waals surface area contributed by atoms with Gasteiger partial charge in [0.25, 0.3) is 0 Å². The second-order valence-corrected chi connectivity index (χ2v) is 7.97. The summed E-state index contributed by atoms with van der Waals surface area (Å²) in [5.74, 6) is 0.940. The van der Waals surface area contributed by atoms with Gasteiger partial charge in [0.1, 0.15) is 18.4 Å². The number of nitrogens with zero attached hydrogens (tertiary/aromatic N) is 1. The average Bonchev–Trinajstić information content (AvgIpc) is 2.76. The van der Waals surface area contributed by atoms with E-state index in [-0.39, 0.29) is 6.10 Å². The van der Waals surface area contributed by atoms with E-state index in [1.807, 2.05) is 42.5 Å². The van der Waals surface area contributed by atoms with Gasteiger partial charge in [0.05, 0.1) is 33.9 Å². The zero-order chi connectivity index (χ0) is 20.4. The van der Waals surface area contributed by atoms with Gasteiger partial charge in [0.15, 0.2) is 0 Å². The summed E-state index contributed by atoms with van der Waals surface area (Å²) in [5, 5.41) is 0. The molecule has 3 heteroatoms. The smallest absolute Gasteiger partial charge is 0.119 e. The van der Waals surface area contributed by atoms with Gasteiger partial charge < -0.3 is 14.0 Å². The van der Waals surface area contributed by atoms with Crippen LogP contribution in [0.15, 0.2) is 91.0 Å². The molecule has 0 radical (unpaired) electrons. The Morgan fingerprint density at radius 2 is 1.17 bits per heavy atom. The third-order valence-corrected chi connectivity index (χ3v) is 5.11. The van der Waals surface area contributed by atoms with E-state index in [1.165, 1.54) is 11.1 Å². The van der Waals surface area contributed by atoms with Gasteiger partial charge in [0.2, 0.25) is 0 Å². The van der Waals surface area contributed by atoms with Gasteiger partial charge in [-0.05, 0) is 23.3 Å². The molecule has 0 saturated carbocycles. The van der Waals surface area contributed by atoms with Crippen molar-refractivity contribution in [3.63, 3.8) is 0 Å². The van der Waals surface area contributed by atoms with Gasteiger partial charge in [0, 0.05) is 6.42 Å². The number of hydrogen-bond donors (Lipinski definition) is 0. The Morgan fingerprint density at radius 3 is 1.72 bits per heavy atom. The van der Waals surface area contributed by atoms with Crippen LogP contribution in [-0.4, -0.2) is 44.9 Å². The highest BCUT2D eigenvalue weighted by Gasteiger charge is 2.18. The molecule has 0 fully saturated rings. The molecule has 0 amide bonds. The maximum absolute atomic E-state index is 6.38. The van der Waals surface area contributed by atoms with Crippen molar-refractivity contribution in [3.8, 4) is 5.75 Å². The fraction of sp³-hybridized carbons (Fsp3) is 0.308. The summed E-state index contributed by atoms with van der Waals surface area (Å²) in [4.78, 5) is 0. The largest absolute Gasteiger partial charge is 0.493 e. The predicted octanol–water partition coefficient (Wildman–Crippen LogP) is 5.34. The van der Waals surface area contributed by atoms with Crippen molar-refractivity contribution in [2.45, 2.75) is 12.5 Å². The Labute approximate surface area is 175 Å². The number of para-hydroxylation sites is 1. The standard InChI is InChI=1S/C26H32NO2/c1-27(2,19-12-21-28-25-17-10-5-11-18-25)20-22-29-26(23-13-6-3-7-14-23)24-15-8-4-9-16-24/h3-11,13-18,26H,12,19-22H2,1-2H3/q+1. The third-order valence-electron chi connectivity index (χ3n) is 5.11. The molecule has 0 aromatic heterocycles. The highest BCUT2D eigenvalue weighted by Crippen LogP contribution is 2.25. The van der Waals surface area contributed by atoms with Crippen molar-refractivity contribution in [2.24, 2.45) is 0 Å². The summed E-state index contributed by atoms with van der Waals surface area (Å²) in [6, 6.07) is 30.9. The van der Waals surface area contributed by atoms with Crippen LogP contribution in [0.25, 0.3) is 0 Å². The lowest BCUT2D eigenvalue weighted by Crippen LogP contribution is -2.43. The molecule has 0 heterocycles. The van der Waals surface area contributed by atoms with Gasteiger partial charge in [-0.15, -0.1) is 0 Å². The third kappa shape index (κ3) is 7.04. The fourth-order valence-electron chi connectivity index (χ4n) is 3.37. The molecule has 0 N–H and O–H groups in total. The molecular formula is C26H32NO2+. The molecule has 29 heavy (non-hydrogen) atoms. The van der Waals surface area contributed by atoms with Crippen LogP contribution in [0.5, 0.6) is 5.75 Å². The minimum atomic E-state index is -0.0289. The van der Waals surface area contributed by atoms with Crippen molar-refractivity contribution in [1.82, 2.24) is 0 Å². The molecule has 3 rings (SSSR count). The Hall–Kier alpha value is -2.62. The first-order valence-corrected chi connectivity index (χ1v) is 10.4. The highest BCUT2D eigenvalue weighted by atomic mass is 16.5. The quantitative estimate of drug-likeness (QED) is 0.325. The van der Waals surface area contributed by atoms with Crippen LogP contribution < -0.4 is 4.74 Å². The van der Waals surface area contributed by atoms with E-state index in [9.17, 15) is 0 Å². The molecule has 0 atom stereocenters. The van der Waals surface area contributed by atoms with E-state index in [0.29, 0.717) is 6.61 Å². The Morgan fingerprint density at radius 1 is 0.655 bits per heavy atom. The van der Waals surface area contributed by atoms with E-state index < -0.39 is 0 Å². The second-order valence-electron chi connectivity index (χ2n) is 7.97. The zero-order valence-electron chi connectivity index (χ0n) is 17.5. The predicted molar refractivity (Wildman–Crippen MR) is 119 cm³/mol. The fourth-order valence-corrected chi connectivity index (χ4v) is 3.37. The van der Waals surface area contributed by atoms with Crippen LogP contribution in [0.4, 0.5) is 0 Å². The normalized spacial score (nSPS) is 11.6. The SMILES string of the molecule is C[N+](C)(CCCOc1ccccc1)CCOC(c1ccccc1)c1ccccc1. The van der Waals surface area contributed by atoms with Gasteiger partial charge in [-0.25, -0.2) is 0 Å². The van der Waals surface area contributed by atoms with Crippen molar-refractivity contribution in [2.75, 3.05) is 40.4 Å². The first-order valence-electron chi connectivity index (χ1n) is 10.4. The molecule has 3 aromatic rings. The molecule has 0 unspecified atom stereocenters. The van der Waals surface area contributed by atoms with E-state index in [2.05, 4.69) is 62.6 Å². The molecule has 0 aliphatic carbocycles. The number of likely N-dealkylation sites (N-methyl/N-ethyl adjacent to an activating group) is 1. The summed E-state index contributed by atoms with van der Waals surface area (Å²) in [6.45, 7) is 3.46. The summed E-state index contributed by atoms with van der Waals surface area (Å²) in [7, 11) is 4.51. The lowest BCUT2D eigenvalue weighted by Gasteiger charge is -2.30. The number of benzene rings is 3. The van der Waals surface area contributed by atoms with Crippen LogP contribution in [0.2, 0.25) is 0 Å². The molecule has 0 saturated heterocycles. The summed E-state index contributed by atoms with van der Waals surface area (Å²) in [5.41, 5.74) is 2.39. The van der Waals surface area contributed by atoms with Gasteiger partial charge in [-0.2, -0.15) is 0 Å². The van der Waals surface area contributed by atoms with Gasteiger partial charge in [-0.3, -0.25) is 0 Å². The maximum atomic E-state index is 6.38. The maximum Gasteiger partial charge on any atom is 0.119 e. The summed E-state index contributed by atoms with van der Waals surface area (Å²) < 4.78 is 13.1. The zero-order valence-corrected chi connectivity index (χ0v) is 17.5. The molecule has 152 valence electrons. The minimum Gasteiger partial charge on any atom is -0.493 e. The number of ether oxygens (including phenoxy) is 2. The molecule has 0 bridgehead atoms.